The molecule has 2 rings (SSSR count). The van der Waals surface area contributed by atoms with Crippen LogP contribution in [0.25, 0.3) is 0 Å². The number of hydrogen-bond acceptors (Lipinski definition) is 4. The maximum atomic E-state index is 12.1. The lowest BCUT2D eigenvalue weighted by molar-refractivity contribution is 0.373. The van der Waals surface area contributed by atoms with Gasteiger partial charge in [0.05, 0.1) is 6.54 Å². The molecule has 20 heavy (non-hydrogen) atoms. The Morgan fingerprint density at radius 2 is 2.00 bits per heavy atom. The summed E-state index contributed by atoms with van der Waals surface area (Å²) in [5.41, 5.74) is 0.102. The van der Waals surface area contributed by atoms with Crippen LogP contribution in [-0.2, 0) is 16.6 Å². The van der Waals surface area contributed by atoms with Gasteiger partial charge in [0, 0.05) is 12.6 Å². The van der Waals surface area contributed by atoms with E-state index in [1.807, 2.05) is 0 Å². The highest BCUT2D eigenvalue weighted by molar-refractivity contribution is 7.89. The highest BCUT2D eigenvalue weighted by Crippen LogP contribution is 2.21. The maximum absolute atomic E-state index is 12.1. The zero-order valence-corrected chi connectivity index (χ0v) is 13.2. The van der Waals surface area contributed by atoms with Gasteiger partial charge < -0.3 is 9.73 Å². The van der Waals surface area contributed by atoms with Crippen molar-refractivity contribution in [1.29, 1.82) is 0 Å². The molecule has 0 saturated heterocycles. The molecule has 0 aliphatic heterocycles. The largest absolute Gasteiger partial charge is 0.447 e. The van der Waals surface area contributed by atoms with Crippen LogP contribution in [0.5, 0.6) is 0 Å². The Hall–Kier alpha value is -0.850. The molecule has 1 aliphatic rings. The molecule has 114 valence electrons. The summed E-state index contributed by atoms with van der Waals surface area (Å²) >= 11 is 0. The van der Waals surface area contributed by atoms with Gasteiger partial charge in [-0.3, -0.25) is 0 Å². The van der Waals surface area contributed by atoms with E-state index in [9.17, 15) is 8.42 Å². The van der Waals surface area contributed by atoms with Crippen LogP contribution in [0.15, 0.2) is 21.6 Å². The van der Waals surface area contributed by atoms with Crippen molar-refractivity contribution in [2.75, 3.05) is 6.54 Å². The first-order chi connectivity index (χ1) is 9.26. The third kappa shape index (κ3) is 4.92. The Morgan fingerprint density at radius 3 is 2.60 bits per heavy atom. The molecule has 1 aromatic rings. The number of nitrogens with one attached hydrogen (secondary N) is 2. The van der Waals surface area contributed by atoms with Crippen molar-refractivity contribution in [1.82, 2.24) is 10.0 Å². The first-order valence-electron chi connectivity index (χ1n) is 7.08. The molecular weight excluding hydrogens is 276 g/mol. The highest BCUT2D eigenvalue weighted by atomic mass is 32.2. The minimum atomic E-state index is -3.53. The number of sulfonamides is 1. The molecule has 0 radical (unpaired) electrons. The molecule has 5 nitrogen and oxygen atoms in total. The fourth-order valence-corrected chi connectivity index (χ4v) is 2.74. The minimum Gasteiger partial charge on any atom is -0.447 e. The standard InChI is InChI=1S/C14H24N2O3S/c1-14(2,3)8-9-16-20(17,18)13-7-6-12(19-13)10-15-11-4-5-11/h6-7,11,15-16H,4-5,8-10H2,1-3H3. The van der Waals surface area contributed by atoms with Gasteiger partial charge in [-0.2, -0.15) is 0 Å². The predicted molar refractivity (Wildman–Crippen MR) is 77.8 cm³/mol. The normalized spacial score (nSPS) is 16.6. The summed E-state index contributed by atoms with van der Waals surface area (Å²) < 4.78 is 32.1. The van der Waals surface area contributed by atoms with Crippen LogP contribution in [0.4, 0.5) is 0 Å². The van der Waals surface area contributed by atoms with Crippen molar-refractivity contribution in [3.05, 3.63) is 17.9 Å². The molecule has 2 N–H and O–H groups in total. The average molecular weight is 300 g/mol. The molecule has 1 aliphatic carbocycles. The summed E-state index contributed by atoms with van der Waals surface area (Å²) in [6, 6.07) is 3.81. The lowest BCUT2D eigenvalue weighted by Gasteiger charge is -2.17. The summed E-state index contributed by atoms with van der Waals surface area (Å²) in [6.45, 7) is 7.24. The molecule has 0 amide bonds. The van der Waals surface area contributed by atoms with Crippen LogP contribution in [0.1, 0.15) is 45.8 Å². The monoisotopic (exact) mass is 300 g/mol. The van der Waals surface area contributed by atoms with E-state index < -0.39 is 10.0 Å². The molecule has 1 saturated carbocycles. The van der Waals surface area contributed by atoms with Crippen LogP contribution < -0.4 is 10.0 Å². The Kier molecular flexibility index (Phi) is 4.56. The topological polar surface area (TPSA) is 71.3 Å². The second-order valence-electron chi connectivity index (χ2n) is 6.58. The number of rotatable bonds is 7. The van der Waals surface area contributed by atoms with Gasteiger partial charge in [0.25, 0.3) is 10.0 Å². The Morgan fingerprint density at radius 1 is 1.30 bits per heavy atom. The van der Waals surface area contributed by atoms with E-state index in [1.54, 1.807) is 6.07 Å². The zero-order valence-electron chi connectivity index (χ0n) is 12.4. The lowest BCUT2D eigenvalue weighted by Crippen LogP contribution is -2.27. The third-order valence-corrected chi connectivity index (χ3v) is 4.54. The van der Waals surface area contributed by atoms with Gasteiger partial charge >= 0.3 is 0 Å². The summed E-state index contributed by atoms with van der Waals surface area (Å²) in [7, 11) is -3.53. The quantitative estimate of drug-likeness (QED) is 0.810. The smallest absolute Gasteiger partial charge is 0.273 e. The van der Waals surface area contributed by atoms with Gasteiger partial charge in [0.1, 0.15) is 5.76 Å². The van der Waals surface area contributed by atoms with Crippen LogP contribution >= 0.6 is 0 Å². The molecule has 0 unspecified atom stereocenters. The fraction of sp³-hybridized carbons (Fsp3) is 0.714. The van der Waals surface area contributed by atoms with Gasteiger partial charge in [-0.25, -0.2) is 13.1 Å². The van der Waals surface area contributed by atoms with Crippen molar-refractivity contribution >= 4 is 10.0 Å². The van der Waals surface area contributed by atoms with Crippen molar-refractivity contribution in [2.45, 2.75) is 57.7 Å². The maximum Gasteiger partial charge on any atom is 0.273 e. The molecule has 0 bridgehead atoms. The van der Waals surface area contributed by atoms with Crippen molar-refractivity contribution in [2.24, 2.45) is 5.41 Å². The summed E-state index contributed by atoms with van der Waals surface area (Å²) in [4.78, 5) is 0. The molecule has 1 heterocycles. The van der Waals surface area contributed by atoms with Gasteiger partial charge in [0.15, 0.2) is 0 Å². The number of furan rings is 1. The first-order valence-corrected chi connectivity index (χ1v) is 8.56. The highest BCUT2D eigenvalue weighted by Gasteiger charge is 2.22. The molecular formula is C14H24N2O3S. The Bertz CT molecular complexity index is 539. The Labute approximate surface area is 121 Å². The van der Waals surface area contributed by atoms with Crippen molar-refractivity contribution in [3.63, 3.8) is 0 Å². The molecule has 0 atom stereocenters. The van der Waals surface area contributed by atoms with E-state index in [4.69, 9.17) is 4.42 Å². The summed E-state index contributed by atoms with van der Waals surface area (Å²) in [6.07, 6.45) is 3.17. The fourth-order valence-electron chi connectivity index (χ4n) is 1.76. The van der Waals surface area contributed by atoms with E-state index >= 15 is 0 Å². The predicted octanol–water partition coefficient (Wildman–Crippen LogP) is 2.25. The third-order valence-electron chi connectivity index (χ3n) is 3.21. The van der Waals surface area contributed by atoms with Crippen LogP contribution in [0.3, 0.4) is 0 Å². The molecule has 1 fully saturated rings. The number of hydrogen-bond donors (Lipinski definition) is 2. The molecule has 6 heteroatoms. The van der Waals surface area contributed by atoms with E-state index in [0.29, 0.717) is 24.9 Å². The van der Waals surface area contributed by atoms with Crippen LogP contribution in [0.2, 0.25) is 0 Å². The second-order valence-corrected chi connectivity index (χ2v) is 8.28. The zero-order chi connectivity index (χ0) is 14.8. The SMILES string of the molecule is CC(C)(C)CCNS(=O)(=O)c1ccc(CNC2CC2)o1. The van der Waals surface area contributed by atoms with Crippen molar-refractivity contribution in [3.8, 4) is 0 Å². The van der Waals surface area contributed by atoms with E-state index in [-0.39, 0.29) is 10.5 Å². The first kappa shape index (κ1) is 15.5. The second kappa shape index (κ2) is 5.87. The van der Waals surface area contributed by atoms with Gasteiger partial charge in [-0.1, -0.05) is 20.8 Å². The summed E-state index contributed by atoms with van der Waals surface area (Å²) in [5.74, 6) is 0.660. The average Bonchev–Trinajstić information content (AvgIpc) is 3.01. The van der Waals surface area contributed by atoms with Crippen molar-refractivity contribution < 1.29 is 12.8 Å². The van der Waals surface area contributed by atoms with Gasteiger partial charge in [-0.15, -0.1) is 0 Å². The lowest BCUT2D eigenvalue weighted by atomic mass is 9.93. The van der Waals surface area contributed by atoms with Gasteiger partial charge in [-0.05, 0) is 36.8 Å². The molecule has 0 spiro atoms. The minimum absolute atomic E-state index is 0.000920. The Balaban J connectivity index is 1.87. The van der Waals surface area contributed by atoms with E-state index in [0.717, 1.165) is 6.42 Å². The van der Waals surface area contributed by atoms with Gasteiger partial charge in [0.2, 0.25) is 5.09 Å². The van der Waals surface area contributed by atoms with E-state index in [2.05, 4.69) is 30.8 Å². The molecule has 0 aromatic carbocycles. The van der Waals surface area contributed by atoms with Crippen LogP contribution in [-0.4, -0.2) is 21.0 Å². The molecule has 1 aromatic heterocycles. The summed E-state index contributed by atoms with van der Waals surface area (Å²) in [5, 5.41) is 3.29. The van der Waals surface area contributed by atoms with Crippen LogP contribution in [0, 0.1) is 5.41 Å². The van der Waals surface area contributed by atoms with E-state index in [1.165, 1.54) is 18.9 Å².